The van der Waals surface area contributed by atoms with Gasteiger partial charge in [0.1, 0.15) is 0 Å². The molecule has 0 radical (unpaired) electrons. The van der Waals surface area contributed by atoms with E-state index in [0.29, 0.717) is 0 Å². The Morgan fingerprint density at radius 1 is 0.217 bits per heavy atom. The van der Waals surface area contributed by atoms with Crippen molar-refractivity contribution in [2.45, 2.75) is 0 Å². The Labute approximate surface area is 267 Å². The molecule has 1 aliphatic carbocycles. The highest BCUT2D eigenvalue weighted by atomic mass is 14.3. The van der Waals surface area contributed by atoms with Crippen molar-refractivity contribution in [3.05, 3.63) is 170 Å². The molecule has 0 aliphatic heterocycles. The predicted octanol–water partition coefficient (Wildman–Crippen LogP) is 12.9. The highest BCUT2D eigenvalue weighted by Gasteiger charge is 2.24. The van der Waals surface area contributed by atoms with Gasteiger partial charge >= 0.3 is 0 Å². The highest BCUT2D eigenvalue weighted by Crippen LogP contribution is 2.51. The normalized spacial score (nSPS) is 11.9. The van der Waals surface area contributed by atoms with Gasteiger partial charge in [-0.15, -0.1) is 0 Å². The van der Waals surface area contributed by atoms with E-state index >= 15 is 0 Å². The lowest BCUT2D eigenvalue weighted by molar-refractivity contribution is 1.61. The Hall–Kier alpha value is -5.98. The molecule has 10 rings (SSSR count). The zero-order valence-corrected chi connectivity index (χ0v) is 25.2. The van der Waals surface area contributed by atoms with E-state index in [1.54, 1.807) is 0 Å². The van der Waals surface area contributed by atoms with Crippen LogP contribution in [0.2, 0.25) is 0 Å². The van der Waals surface area contributed by atoms with E-state index in [0.717, 1.165) is 0 Å². The number of hydrogen-bond donors (Lipinski definition) is 0. The molecule has 0 amide bonds. The summed E-state index contributed by atoms with van der Waals surface area (Å²) in [5, 5.41) is 10.4. The molecule has 212 valence electrons. The first-order valence-corrected chi connectivity index (χ1v) is 16.0. The molecule has 0 atom stereocenters. The smallest absolute Gasteiger partial charge is 0.00137 e. The molecule has 0 saturated heterocycles. The van der Waals surface area contributed by atoms with Crippen molar-refractivity contribution in [2.24, 2.45) is 0 Å². The maximum Gasteiger partial charge on any atom is -0.00137 e. The van der Waals surface area contributed by atoms with Crippen molar-refractivity contribution in [2.75, 3.05) is 0 Å². The van der Waals surface area contributed by atoms with Gasteiger partial charge in [-0.05, 0) is 129 Å². The van der Waals surface area contributed by atoms with Gasteiger partial charge in [0.15, 0.2) is 0 Å². The summed E-state index contributed by atoms with van der Waals surface area (Å²) in [5.74, 6) is 0. The van der Waals surface area contributed by atoms with Gasteiger partial charge < -0.3 is 0 Å². The van der Waals surface area contributed by atoms with Crippen molar-refractivity contribution in [3.63, 3.8) is 0 Å². The molecule has 0 saturated carbocycles. The van der Waals surface area contributed by atoms with Crippen LogP contribution in [0.4, 0.5) is 0 Å². The average Bonchev–Trinajstić information content (AvgIpc) is 3.45. The summed E-state index contributed by atoms with van der Waals surface area (Å²) in [6, 6.07) is 62.8. The molecule has 0 N–H and O–H groups in total. The van der Waals surface area contributed by atoms with Crippen LogP contribution in [-0.2, 0) is 0 Å². The van der Waals surface area contributed by atoms with E-state index in [1.165, 1.54) is 98.7 Å². The molecular formula is C46H28. The first kappa shape index (κ1) is 25.4. The highest BCUT2D eigenvalue weighted by molar-refractivity contribution is 6.27. The largest absolute Gasteiger partial charge is 0.0616 e. The van der Waals surface area contributed by atoms with Crippen molar-refractivity contribution >= 4 is 43.1 Å². The van der Waals surface area contributed by atoms with Crippen LogP contribution in [0, 0.1) is 0 Å². The molecule has 0 nitrogen and oxygen atoms in total. The SMILES string of the molecule is c1cc(-c2ccc3ccccc3c2)cc(-c2ccc3cc(-c4ccc5c6c(cc7ccccc7c46)-c4ccccc4-5)ccc3c2)c1. The number of hydrogen-bond acceptors (Lipinski definition) is 0. The van der Waals surface area contributed by atoms with Crippen LogP contribution in [0.3, 0.4) is 0 Å². The standard InChI is InChI=1S/C46H28/c1-2-9-30-24-33(17-16-29(30)8-1)31-11-7-12-32(25-31)34-18-19-36-27-38(21-20-35(36)26-34)40-22-23-43-41-14-5-6-15-42(41)44-28-37-10-3-4-13-39(37)45(40)46(43)44/h1-28H. The van der Waals surface area contributed by atoms with Crippen LogP contribution in [0.25, 0.3) is 98.7 Å². The van der Waals surface area contributed by atoms with Gasteiger partial charge in [-0.2, -0.15) is 0 Å². The lowest BCUT2D eigenvalue weighted by Crippen LogP contribution is -1.87. The van der Waals surface area contributed by atoms with Crippen LogP contribution in [0.1, 0.15) is 0 Å². The van der Waals surface area contributed by atoms with E-state index in [9.17, 15) is 0 Å². The first-order valence-electron chi connectivity index (χ1n) is 16.0. The minimum Gasteiger partial charge on any atom is -0.0616 e. The van der Waals surface area contributed by atoms with E-state index in [2.05, 4.69) is 170 Å². The van der Waals surface area contributed by atoms with Gasteiger partial charge in [-0.25, -0.2) is 0 Å². The summed E-state index contributed by atoms with van der Waals surface area (Å²) in [4.78, 5) is 0. The first-order chi connectivity index (χ1) is 22.8. The third-order valence-electron chi connectivity index (χ3n) is 9.94. The molecule has 46 heavy (non-hydrogen) atoms. The summed E-state index contributed by atoms with van der Waals surface area (Å²) in [5.41, 5.74) is 12.8. The summed E-state index contributed by atoms with van der Waals surface area (Å²) < 4.78 is 0. The zero-order chi connectivity index (χ0) is 30.2. The molecule has 1 aliphatic rings. The van der Waals surface area contributed by atoms with Crippen molar-refractivity contribution in [1.82, 2.24) is 0 Å². The van der Waals surface area contributed by atoms with Crippen LogP contribution in [-0.4, -0.2) is 0 Å². The van der Waals surface area contributed by atoms with Gasteiger partial charge in [0.25, 0.3) is 0 Å². The molecule has 0 spiro atoms. The summed E-state index contributed by atoms with van der Waals surface area (Å²) >= 11 is 0. The second-order valence-corrected chi connectivity index (χ2v) is 12.5. The summed E-state index contributed by atoms with van der Waals surface area (Å²) in [7, 11) is 0. The maximum atomic E-state index is 2.38. The molecular weight excluding hydrogens is 553 g/mol. The fourth-order valence-electron chi connectivity index (χ4n) is 7.71. The molecule has 0 heterocycles. The fraction of sp³-hybridized carbons (Fsp3) is 0. The zero-order valence-electron chi connectivity index (χ0n) is 25.2. The van der Waals surface area contributed by atoms with Crippen LogP contribution in [0.15, 0.2) is 170 Å². The fourth-order valence-corrected chi connectivity index (χ4v) is 7.71. The Kier molecular flexibility index (Phi) is 5.38. The average molecular weight is 581 g/mol. The number of fused-ring (bicyclic) bond motifs is 7. The van der Waals surface area contributed by atoms with Gasteiger partial charge in [-0.3, -0.25) is 0 Å². The summed E-state index contributed by atoms with van der Waals surface area (Å²) in [6.45, 7) is 0. The number of benzene rings is 9. The predicted molar refractivity (Wildman–Crippen MR) is 197 cm³/mol. The molecule has 0 aromatic heterocycles. The van der Waals surface area contributed by atoms with Gasteiger partial charge in [0, 0.05) is 0 Å². The van der Waals surface area contributed by atoms with Crippen LogP contribution < -0.4 is 0 Å². The lowest BCUT2D eigenvalue weighted by atomic mass is 9.89. The third kappa shape index (κ3) is 3.81. The van der Waals surface area contributed by atoms with Crippen LogP contribution >= 0.6 is 0 Å². The maximum absolute atomic E-state index is 2.38. The van der Waals surface area contributed by atoms with Crippen molar-refractivity contribution in [3.8, 4) is 55.6 Å². The monoisotopic (exact) mass is 580 g/mol. The van der Waals surface area contributed by atoms with E-state index in [4.69, 9.17) is 0 Å². The van der Waals surface area contributed by atoms with Gasteiger partial charge in [0.05, 0.1) is 0 Å². The second-order valence-electron chi connectivity index (χ2n) is 12.5. The second kappa shape index (κ2) is 9.76. The third-order valence-corrected chi connectivity index (χ3v) is 9.94. The molecule has 0 fully saturated rings. The van der Waals surface area contributed by atoms with Crippen LogP contribution in [0.5, 0.6) is 0 Å². The van der Waals surface area contributed by atoms with Crippen molar-refractivity contribution in [1.29, 1.82) is 0 Å². The van der Waals surface area contributed by atoms with Gasteiger partial charge in [-0.1, -0.05) is 140 Å². The summed E-state index contributed by atoms with van der Waals surface area (Å²) in [6.07, 6.45) is 0. The molecule has 9 aromatic rings. The van der Waals surface area contributed by atoms with Crippen molar-refractivity contribution < 1.29 is 0 Å². The van der Waals surface area contributed by atoms with E-state index in [1.807, 2.05) is 0 Å². The molecule has 9 aromatic carbocycles. The Balaban J connectivity index is 1.09. The molecule has 0 heteroatoms. The Morgan fingerprint density at radius 2 is 0.739 bits per heavy atom. The van der Waals surface area contributed by atoms with E-state index < -0.39 is 0 Å². The minimum atomic E-state index is 1.23. The Morgan fingerprint density at radius 3 is 1.50 bits per heavy atom. The molecule has 0 unspecified atom stereocenters. The minimum absolute atomic E-state index is 1.23. The van der Waals surface area contributed by atoms with E-state index in [-0.39, 0.29) is 0 Å². The quantitative estimate of drug-likeness (QED) is 0.182. The topological polar surface area (TPSA) is 0 Å². The number of rotatable bonds is 3. The van der Waals surface area contributed by atoms with Gasteiger partial charge in [0.2, 0.25) is 0 Å². The lowest BCUT2D eigenvalue weighted by Gasteiger charge is -2.14. The molecule has 0 bridgehead atoms. The Bertz CT molecular complexity index is 2690.